The molecular formula is C19H21FN4O2. The molecule has 3 heterocycles. The maximum absolute atomic E-state index is 13.1. The molecule has 4 rings (SSSR count). The van der Waals surface area contributed by atoms with E-state index in [0.717, 1.165) is 22.6 Å². The SMILES string of the molecule is Cc1nn(-c2ccc(F)cc2)c(C)c1CNC(=O)[C@H]1[C@@H](N)[C@@H]2C=C[C@H]1O2. The third-order valence-electron chi connectivity index (χ3n) is 5.21. The average molecular weight is 356 g/mol. The molecule has 4 atom stereocenters. The number of halogens is 1. The first kappa shape index (κ1) is 16.9. The Labute approximate surface area is 150 Å². The van der Waals surface area contributed by atoms with Crippen LogP contribution in [0.3, 0.4) is 0 Å². The largest absolute Gasteiger partial charge is 0.364 e. The minimum absolute atomic E-state index is 0.109. The van der Waals surface area contributed by atoms with Crippen LogP contribution in [0.2, 0.25) is 0 Å². The molecule has 1 aromatic carbocycles. The van der Waals surface area contributed by atoms with Crippen molar-refractivity contribution >= 4 is 5.91 Å². The van der Waals surface area contributed by atoms with E-state index >= 15 is 0 Å². The number of nitrogens with two attached hydrogens (primary N) is 1. The van der Waals surface area contributed by atoms with Crippen molar-refractivity contribution < 1.29 is 13.9 Å². The molecule has 7 heteroatoms. The highest BCUT2D eigenvalue weighted by molar-refractivity contribution is 5.81. The molecule has 1 amide bonds. The van der Waals surface area contributed by atoms with Crippen LogP contribution in [0, 0.1) is 25.6 Å². The van der Waals surface area contributed by atoms with Gasteiger partial charge in [0.05, 0.1) is 29.5 Å². The zero-order chi connectivity index (χ0) is 18.4. The van der Waals surface area contributed by atoms with E-state index in [2.05, 4.69) is 10.4 Å². The molecule has 3 N–H and O–H groups in total. The minimum Gasteiger partial charge on any atom is -0.364 e. The monoisotopic (exact) mass is 356 g/mol. The van der Waals surface area contributed by atoms with E-state index < -0.39 is 0 Å². The Morgan fingerprint density at radius 3 is 2.62 bits per heavy atom. The smallest absolute Gasteiger partial charge is 0.228 e. The van der Waals surface area contributed by atoms with Gasteiger partial charge in [-0.05, 0) is 38.1 Å². The first-order valence-corrected chi connectivity index (χ1v) is 8.64. The van der Waals surface area contributed by atoms with E-state index in [-0.39, 0.29) is 35.9 Å². The molecule has 0 unspecified atom stereocenters. The Balaban J connectivity index is 1.50. The molecule has 1 saturated heterocycles. The number of benzene rings is 1. The van der Waals surface area contributed by atoms with Gasteiger partial charge in [0, 0.05) is 23.8 Å². The van der Waals surface area contributed by atoms with Gasteiger partial charge in [0.1, 0.15) is 5.82 Å². The molecule has 2 aromatic rings. The summed E-state index contributed by atoms with van der Waals surface area (Å²) in [6.07, 6.45) is 3.42. The van der Waals surface area contributed by atoms with Gasteiger partial charge in [-0.1, -0.05) is 12.2 Å². The van der Waals surface area contributed by atoms with Gasteiger partial charge in [-0.15, -0.1) is 0 Å². The van der Waals surface area contributed by atoms with Crippen molar-refractivity contribution in [1.29, 1.82) is 0 Å². The van der Waals surface area contributed by atoms with Crippen molar-refractivity contribution in [1.82, 2.24) is 15.1 Å². The molecule has 0 saturated carbocycles. The number of nitrogens with zero attached hydrogens (tertiary/aromatic N) is 2. The maximum atomic E-state index is 13.1. The molecule has 26 heavy (non-hydrogen) atoms. The standard InChI is InChI=1S/C19H21FN4O2/c1-10-14(11(2)24(23-10)13-5-3-12(20)4-6-13)9-22-19(25)17-15-7-8-16(26-15)18(17)21/h3-8,15-18H,9,21H2,1-2H3,(H,22,25)/t15-,16+,17-,18+/m1/s1. The van der Waals surface area contributed by atoms with Gasteiger partial charge in [0.25, 0.3) is 0 Å². The number of carbonyl (C=O) groups excluding carboxylic acids is 1. The van der Waals surface area contributed by atoms with Crippen LogP contribution in [0.4, 0.5) is 4.39 Å². The number of amides is 1. The number of fused-ring (bicyclic) bond motifs is 2. The van der Waals surface area contributed by atoms with Crippen molar-refractivity contribution in [2.75, 3.05) is 0 Å². The molecule has 2 aliphatic rings. The van der Waals surface area contributed by atoms with E-state index in [1.54, 1.807) is 16.8 Å². The molecule has 2 bridgehead atoms. The molecule has 0 aliphatic carbocycles. The summed E-state index contributed by atoms with van der Waals surface area (Å²) in [6.45, 7) is 4.19. The van der Waals surface area contributed by atoms with E-state index in [4.69, 9.17) is 10.5 Å². The summed E-state index contributed by atoms with van der Waals surface area (Å²) in [5.74, 6) is -0.762. The van der Waals surface area contributed by atoms with Gasteiger partial charge in [-0.25, -0.2) is 9.07 Å². The van der Waals surface area contributed by atoms with E-state index in [1.807, 2.05) is 26.0 Å². The second-order valence-electron chi connectivity index (χ2n) is 6.81. The lowest BCUT2D eigenvalue weighted by atomic mass is 9.89. The second-order valence-corrected chi connectivity index (χ2v) is 6.81. The number of rotatable bonds is 4. The number of aromatic nitrogens is 2. The summed E-state index contributed by atoms with van der Waals surface area (Å²) in [5, 5.41) is 7.49. The van der Waals surface area contributed by atoms with Crippen LogP contribution in [0.1, 0.15) is 17.0 Å². The van der Waals surface area contributed by atoms with Crippen LogP contribution >= 0.6 is 0 Å². The Bertz CT molecular complexity index is 874. The normalized spacial score (nSPS) is 26.5. The lowest BCUT2D eigenvalue weighted by molar-refractivity contribution is -0.126. The second kappa shape index (κ2) is 6.34. The van der Waals surface area contributed by atoms with Crippen molar-refractivity contribution in [3.8, 4) is 5.69 Å². The lowest BCUT2D eigenvalue weighted by Gasteiger charge is -2.20. The fourth-order valence-corrected chi connectivity index (χ4v) is 3.72. The highest BCUT2D eigenvalue weighted by atomic mass is 19.1. The lowest BCUT2D eigenvalue weighted by Crippen LogP contribution is -2.46. The van der Waals surface area contributed by atoms with Gasteiger partial charge in [0.2, 0.25) is 5.91 Å². The van der Waals surface area contributed by atoms with E-state index in [0.29, 0.717) is 6.54 Å². The van der Waals surface area contributed by atoms with Gasteiger partial charge >= 0.3 is 0 Å². The number of ether oxygens (including phenoxy) is 1. The van der Waals surface area contributed by atoms with E-state index in [9.17, 15) is 9.18 Å². The summed E-state index contributed by atoms with van der Waals surface area (Å²) in [7, 11) is 0. The average Bonchev–Trinajstić information content (AvgIpc) is 3.28. The quantitative estimate of drug-likeness (QED) is 0.814. The fourth-order valence-electron chi connectivity index (χ4n) is 3.72. The minimum atomic E-state index is -0.363. The third-order valence-corrected chi connectivity index (χ3v) is 5.21. The van der Waals surface area contributed by atoms with Crippen molar-refractivity contribution in [2.45, 2.75) is 38.6 Å². The molecular weight excluding hydrogens is 335 g/mol. The molecule has 1 aromatic heterocycles. The maximum Gasteiger partial charge on any atom is 0.228 e. The molecule has 0 spiro atoms. The predicted molar refractivity (Wildman–Crippen MR) is 94.1 cm³/mol. The Morgan fingerprint density at radius 2 is 1.96 bits per heavy atom. The number of aryl methyl sites for hydroxylation is 1. The van der Waals surface area contributed by atoms with Crippen molar-refractivity contribution in [3.63, 3.8) is 0 Å². The van der Waals surface area contributed by atoms with Crippen LogP contribution in [0.5, 0.6) is 0 Å². The summed E-state index contributed by atoms with van der Waals surface area (Å²) < 4.78 is 20.5. The number of nitrogens with one attached hydrogen (secondary N) is 1. The zero-order valence-electron chi connectivity index (χ0n) is 14.6. The van der Waals surface area contributed by atoms with Crippen LogP contribution in [-0.4, -0.2) is 33.9 Å². The summed E-state index contributed by atoms with van der Waals surface area (Å²) in [5.41, 5.74) is 9.54. The van der Waals surface area contributed by atoms with Crippen molar-refractivity contribution in [3.05, 3.63) is 59.2 Å². The molecule has 0 radical (unpaired) electrons. The van der Waals surface area contributed by atoms with E-state index in [1.165, 1.54) is 12.1 Å². The highest BCUT2D eigenvalue weighted by Gasteiger charge is 2.47. The van der Waals surface area contributed by atoms with Crippen LogP contribution < -0.4 is 11.1 Å². The number of carbonyl (C=O) groups is 1. The van der Waals surface area contributed by atoms with Crippen molar-refractivity contribution in [2.24, 2.45) is 11.7 Å². The fraction of sp³-hybridized carbons (Fsp3) is 0.368. The van der Waals surface area contributed by atoms with Gasteiger partial charge < -0.3 is 15.8 Å². The first-order chi connectivity index (χ1) is 12.5. The van der Waals surface area contributed by atoms with Gasteiger partial charge in [-0.3, -0.25) is 4.79 Å². The highest BCUT2D eigenvalue weighted by Crippen LogP contribution is 2.33. The molecule has 2 aliphatic heterocycles. The van der Waals surface area contributed by atoms with Crippen LogP contribution in [0.25, 0.3) is 5.69 Å². The number of hydrogen-bond acceptors (Lipinski definition) is 4. The van der Waals surface area contributed by atoms with Gasteiger partial charge in [-0.2, -0.15) is 5.10 Å². The summed E-state index contributed by atoms with van der Waals surface area (Å²) >= 11 is 0. The third kappa shape index (κ3) is 2.73. The van der Waals surface area contributed by atoms with Crippen LogP contribution in [0.15, 0.2) is 36.4 Å². The van der Waals surface area contributed by atoms with Gasteiger partial charge in [0.15, 0.2) is 0 Å². The summed E-state index contributed by atoms with van der Waals surface area (Å²) in [4.78, 5) is 12.6. The molecule has 136 valence electrons. The molecule has 6 nitrogen and oxygen atoms in total. The molecule has 1 fully saturated rings. The number of hydrogen-bond donors (Lipinski definition) is 2. The predicted octanol–water partition coefficient (Wildman–Crippen LogP) is 1.53. The Hall–Kier alpha value is -2.51. The van der Waals surface area contributed by atoms with Crippen LogP contribution in [-0.2, 0) is 16.1 Å². The zero-order valence-corrected chi connectivity index (χ0v) is 14.6. The first-order valence-electron chi connectivity index (χ1n) is 8.64. The summed E-state index contributed by atoms with van der Waals surface area (Å²) in [6, 6.07) is 5.84. The topological polar surface area (TPSA) is 82.2 Å². The Morgan fingerprint density at radius 1 is 1.27 bits per heavy atom. The Kier molecular flexibility index (Phi) is 4.13.